The number of hydrogen-bond donors (Lipinski definition) is 2. The van der Waals surface area contributed by atoms with Gasteiger partial charge in [-0.2, -0.15) is 29.9 Å². The highest BCUT2D eigenvalue weighted by Gasteiger charge is 2.22. The third-order valence-electron chi connectivity index (χ3n) is 3.49. The summed E-state index contributed by atoms with van der Waals surface area (Å²) in [4.78, 5) is 29.1. The highest BCUT2D eigenvalue weighted by molar-refractivity contribution is 6.28. The zero-order valence-corrected chi connectivity index (χ0v) is 14.7. The van der Waals surface area contributed by atoms with E-state index in [9.17, 15) is 0 Å². The highest BCUT2D eigenvalue weighted by atomic mass is 35.5. The zero-order chi connectivity index (χ0) is 17.1. The van der Waals surface area contributed by atoms with Gasteiger partial charge in [-0.05, 0) is 23.2 Å². The van der Waals surface area contributed by atoms with Crippen molar-refractivity contribution in [3.63, 3.8) is 0 Å². The van der Waals surface area contributed by atoms with E-state index in [-0.39, 0.29) is 10.6 Å². The third-order valence-corrected chi connectivity index (χ3v) is 3.82. The van der Waals surface area contributed by atoms with Gasteiger partial charge < -0.3 is 20.4 Å². The van der Waals surface area contributed by atoms with Crippen molar-refractivity contribution in [3.05, 3.63) is 10.6 Å². The first-order valence-electron chi connectivity index (χ1n) is 7.27. The molecule has 0 spiro atoms. The molecule has 1 aliphatic heterocycles. The first kappa shape index (κ1) is 16.7. The zero-order valence-electron chi connectivity index (χ0n) is 13.2. The molecule has 128 valence electrons. The van der Waals surface area contributed by atoms with E-state index in [1.807, 2.05) is 9.80 Å². The Balaban J connectivity index is 1.72. The Morgan fingerprint density at radius 3 is 1.38 bits per heavy atom. The predicted octanol–water partition coefficient (Wildman–Crippen LogP) is 0.773. The Labute approximate surface area is 148 Å². The summed E-state index contributed by atoms with van der Waals surface area (Å²) in [7, 11) is 3.47. The summed E-state index contributed by atoms with van der Waals surface area (Å²) in [6.45, 7) is 2.78. The molecular formula is C12H16Cl2N10. The van der Waals surface area contributed by atoms with Crippen LogP contribution in [0.25, 0.3) is 0 Å². The molecule has 0 aromatic carbocycles. The van der Waals surface area contributed by atoms with Crippen LogP contribution < -0.4 is 20.4 Å². The fraction of sp³-hybridized carbons (Fsp3) is 0.500. The maximum absolute atomic E-state index is 5.94. The van der Waals surface area contributed by atoms with E-state index in [1.54, 1.807) is 14.1 Å². The second kappa shape index (κ2) is 7.14. The van der Waals surface area contributed by atoms with Crippen LogP contribution in [0.15, 0.2) is 0 Å². The molecule has 0 radical (unpaired) electrons. The SMILES string of the molecule is CNc1nc(Cl)nc(N2CCN(c3nc(Cl)nc(NC)n3)CC2)n1. The fourth-order valence-electron chi connectivity index (χ4n) is 2.29. The molecular weight excluding hydrogens is 355 g/mol. The minimum Gasteiger partial charge on any atom is -0.357 e. The first-order valence-corrected chi connectivity index (χ1v) is 8.03. The molecule has 10 nitrogen and oxygen atoms in total. The van der Waals surface area contributed by atoms with Crippen LogP contribution >= 0.6 is 23.2 Å². The molecule has 24 heavy (non-hydrogen) atoms. The lowest BCUT2D eigenvalue weighted by atomic mass is 10.3. The average Bonchev–Trinajstić information content (AvgIpc) is 2.60. The Kier molecular flexibility index (Phi) is 4.95. The van der Waals surface area contributed by atoms with E-state index in [2.05, 4.69) is 40.5 Å². The van der Waals surface area contributed by atoms with Gasteiger partial charge in [-0.15, -0.1) is 0 Å². The van der Waals surface area contributed by atoms with Gasteiger partial charge in [0, 0.05) is 40.3 Å². The summed E-state index contributed by atoms with van der Waals surface area (Å²) in [6, 6.07) is 0. The number of hydrogen-bond acceptors (Lipinski definition) is 10. The summed E-state index contributed by atoms with van der Waals surface area (Å²) in [5.41, 5.74) is 0. The molecule has 0 saturated carbocycles. The second-order valence-electron chi connectivity index (χ2n) is 4.93. The average molecular weight is 371 g/mol. The lowest BCUT2D eigenvalue weighted by molar-refractivity contribution is 0.626. The molecule has 0 aliphatic carbocycles. The lowest BCUT2D eigenvalue weighted by Gasteiger charge is -2.34. The van der Waals surface area contributed by atoms with Crippen molar-refractivity contribution < 1.29 is 0 Å². The number of halogens is 2. The molecule has 0 atom stereocenters. The van der Waals surface area contributed by atoms with Crippen LogP contribution in [-0.2, 0) is 0 Å². The quantitative estimate of drug-likeness (QED) is 0.800. The number of piperazine rings is 1. The van der Waals surface area contributed by atoms with E-state index >= 15 is 0 Å². The van der Waals surface area contributed by atoms with Crippen LogP contribution in [0, 0.1) is 0 Å². The monoisotopic (exact) mass is 370 g/mol. The summed E-state index contributed by atoms with van der Waals surface area (Å²) in [5, 5.41) is 6.06. The minimum absolute atomic E-state index is 0.162. The maximum Gasteiger partial charge on any atom is 0.231 e. The standard InChI is InChI=1S/C12H16Cl2N10/c1-15-9-17-7(13)19-11(21-9)23-3-5-24(6-4-23)12-20-8(14)18-10(16-2)22-12/h3-6H2,1-2H3,(H,15,17,19,21)(H,16,18,20,22). The van der Waals surface area contributed by atoms with Gasteiger partial charge in [0.25, 0.3) is 0 Å². The Bertz CT molecular complexity index is 657. The molecule has 1 saturated heterocycles. The number of rotatable bonds is 4. The molecule has 0 bridgehead atoms. The number of nitrogens with one attached hydrogen (secondary N) is 2. The van der Waals surface area contributed by atoms with Crippen LogP contribution in [0.4, 0.5) is 23.8 Å². The van der Waals surface area contributed by atoms with Crippen LogP contribution in [-0.4, -0.2) is 70.2 Å². The van der Waals surface area contributed by atoms with Crippen molar-refractivity contribution in [1.82, 2.24) is 29.9 Å². The summed E-state index contributed by atoms with van der Waals surface area (Å²) in [6.07, 6.45) is 0. The van der Waals surface area contributed by atoms with Crippen molar-refractivity contribution in [2.45, 2.75) is 0 Å². The largest absolute Gasteiger partial charge is 0.357 e. The van der Waals surface area contributed by atoms with E-state index < -0.39 is 0 Å². The van der Waals surface area contributed by atoms with Gasteiger partial charge in [-0.1, -0.05) is 0 Å². The molecule has 2 aromatic heterocycles. The molecule has 12 heteroatoms. The maximum atomic E-state index is 5.94. The Morgan fingerprint density at radius 1 is 0.667 bits per heavy atom. The molecule has 0 amide bonds. The van der Waals surface area contributed by atoms with E-state index in [4.69, 9.17) is 23.2 Å². The Hall–Kier alpha value is -2.20. The van der Waals surface area contributed by atoms with E-state index in [0.29, 0.717) is 50.0 Å². The van der Waals surface area contributed by atoms with E-state index in [0.717, 1.165) is 0 Å². The van der Waals surface area contributed by atoms with Crippen molar-refractivity contribution in [2.75, 3.05) is 60.7 Å². The number of aromatic nitrogens is 6. The van der Waals surface area contributed by atoms with Gasteiger partial charge in [-0.3, -0.25) is 0 Å². The van der Waals surface area contributed by atoms with E-state index in [1.165, 1.54) is 0 Å². The molecule has 1 aliphatic rings. The predicted molar refractivity (Wildman–Crippen MR) is 93.2 cm³/mol. The molecule has 3 heterocycles. The topological polar surface area (TPSA) is 108 Å². The second-order valence-corrected chi connectivity index (χ2v) is 5.61. The molecule has 3 rings (SSSR count). The smallest absolute Gasteiger partial charge is 0.231 e. The third kappa shape index (κ3) is 3.65. The van der Waals surface area contributed by atoms with Crippen molar-refractivity contribution in [1.29, 1.82) is 0 Å². The summed E-state index contributed by atoms with van der Waals surface area (Å²) >= 11 is 11.9. The number of anilines is 4. The molecule has 2 aromatic rings. The number of nitrogens with zero attached hydrogens (tertiary/aromatic N) is 8. The van der Waals surface area contributed by atoms with Crippen LogP contribution in [0.3, 0.4) is 0 Å². The van der Waals surface area contributed by atoms with Crippen LogP contribution in [0.2, 0.25) is 10.6 Å². The minimum atomic E-state index is 0.162. The van der Waals surface area contributed by atoms with Gasteiger partial charge in [0.1, 0.15) is 0 Å². The van der Waals surface area contributed by atoms with Gasteiger partial charge in [0.15, 0.2) is 0 Å². The molecule has 2 N–H and O–H groups in total. The van der Waals surface area contributed by atoms with Crippen molar-refractivity contribution in [2.24, 2.45) is 0 Å². The van der Waals surface area contributed by atoms with Gasteiger partial charge in [-0.25, -0.2) is 0 Å². The van der Waals surface area contributed by atoms with Crippen LogP contribution in [0.1, 0.15) is 0 Å². The van der Waals surface area contributed by atoms with Crippen molar-refractivity contribution in [3.8, 4) is 0 Å². The lowest BCUT2D eigenvalue weighted by Crippen LogP contribution is -2.47. The summed E-state index contributed by atoms with van der Waals surface area (Å²) < 4.78 is 0. The van der Waals surface area contributed by atoms with Crippen molar-refractivity contribution >= 4 is 47.0 Å². The van der Waals surface area contributed by atoms with Gasteiger partial charge in [0.2, 0.25) is 34.4 Å². The normalized spacial score (nSPS) is 14.7. The Morgan fingerprint density at radius 2 is 1.04 bits per heavy atom. The first-order chi connectivity index (χ1) is 11.6. The van der Waals surface area contributed by atoms with Gasteiger partial charge >= 0.3 is 0 Å². The highest BCUT2D eigenvalue weighted by Crippen LogP contribution is 2.19. The molecule has 0 unspecified atom stereocenters. The van der Waals surface area contributed by atoms with Gasteiger partial charge in [0.05, 0.1) is 0 Å². The molecule has 1 fully saturated rings. The van der Waals surface area contributed by atoms with Crippen LogP contribution in [0.5, 0.6) is 0 Å². The summed E-state index contributed by atoms with van der Waals surface area (Å²) in [5.74, 6) is 1.97. The fourth-order valence-corrected chi connectivity index (χ4v) is 2.60.